The third-order valence-electron chi connectivity index (χ3n) is 4.67. The summed E-state index contributed by atoms with van der Waals surface area (Å²) in [6.07, 6.45) is 1.55. The number of urea groups is 1. The molecule has 1 aromatic carbocycles. The topological polar surface area (TPSA) is 71.4 Å². The summed E-state index contributed by atoms with van der Waals surface area (Å²) in [7, 11) is 0. The van der Waals surface area contributed by atoms with Crippen molar-refractivity contribution in [2.45, 2.75) is 27.7 Å². The summed E-state index contributed by atoms with van der Waals surface area (Å²) in [5.41, 5.74) is 4.72. The first kappa shape index (κ1) is 19.1. The van der Waals surface area contributed by atoms with E-state index in [0.29, 0.717) is 0 Å². The Morgan fingerprint density at radius 3 is 2.44 bits per heavy atom. The van der Waals surface area contributed by atoms with E-state index in [1.807, 2.05) is 39.0 Å². The number of hydrogen-bond acceptors (Lipinski definition) is 3. The molecule has 3 rings (SSSR count). The first-order chi connectivity index (χ1) is 12.7. The van der Waals surface area contributed by atoms with Gasteiger partial charge in [0.25, 0.3) is 11.8 Å². The number of imide groups is 2. The largest absolute Gasteiger partial charge is 0.331 e. The van der Waals surface area contributed by atoms with Crippen LogP contribution in [0.5, 0.6) is 0 Å². The lowest BCUT2D eigenvalue weighted by Gasteiger charge is -2.24. The molecule has 1 saturated heterocycles. The Balaban J connectivity index is 2.07. The minimum atomic E-state index is -0.680. The number of barbiturate groups is 1. The van der Waals surface area contributed by atoms with Gasteiger partial charge in [0.15, 0.2) is 0 Å². The van der Waals surface area contributed by atoms with Crippen molar-refractivity contribution in [3.8, 4) is 5.69 Å². The fourth-order valence-corrected chi connectivity index (χ4v) is 3.48. The molecule has 1 aliphatic heterocycles. The van der Waals surface area contributed by atoms with Crippen LogP contribution in [0.2, 0.25) is 0 Å². The summed E-state index contributed by atoms with van der Waals surface area (Å²) >= 11 is 3.51. The maximum atomic E-state index is 12.5. The van der Waals surface area contributed by atoms with E-state index in [9.17, 15) is 14.4 Å². The number of carbonyl (C=O) groups excluding carboxylic acids is 3. The van der Waals surface area contributed by atoms with E-state index in [0.717, 1.165) is 37.6 Å². The van der Waals surface area contributed by atoms with E-state index in [1.54, 1.807) is 13.0 Å². The quantitative estimate of drug-likeness (QED) is 0.597. The predicted molar refractivity (Wildman–Crippen MR) is 107 cm³/mol. The van der Waals surface area contributed by atoms with Gasteiger partial charge in [-0.05, 0) is 69.2 Å². The maximum absolute atomic E-state index is 12.5. The van der Waals surface area contributed by atoms with Crippen LogP contribution in [0.25, 0.3) is 11.8 Å². The van der Waals surface area contributed by atoms with Crippen molar-refractivity contribution in [1.29, 1.82) is 0 Å². The molecule has 2 aromatic rings. The van der Waals surface area contributed by atoms with Crippen LogP contribution in [-0.2, 0) is 9.59 Å². The van der Waals surface area contributed by atoms with Crippen LogP contribution in [-0.4, -0.2) is 33.9 Å². The molecule has 1 aliphatic rings. The minimum absolute atomic E-state index is 0.0383. The van der Waals surface area contributed by atoms with E-state index in [4.69, 9.17) is 0 Å². The third-order valence-corrected chi connectivity index (χ3v) is 5.56. The van der Waals surface area contributed by atoms with Crippen LogP contribution < -0.4 is 5.32 Å². The molecule has 0 saturated carbocycles. The molecule has 1 fully saturated rings. The molecule has 1 N–H and O–H groups in total. The molecule has 0 bridgehead atoms. The molecular weight excluding hydrogens is 410 g/mol. The van der Waals surface area contributed by atoms with Gasteiger partial charge in [-0.2, -0.15) is 0 Å². The Morgan fingerprint density at radius 1 is 1.11 bits per heavy atom. The average Bonchev–Trinajstić information content (AvgIpc) is 2.88. The lowest BCUT2D eigenvalue weighted by Crippen LogP contribution is -2.53. The molecule has 0 spiro atoms. The number of likely N-dealkylation sites (N-methyl/N-ethyl adjacent to an activating group) is 1. The van der Waals surface area contributed by atoms with Gasteiger partial charge in [-0.3, -0.25) is 19.8 Å². The van der Waals surface area contributed by atoms with Gasteiger partial charge < -0.3 is 4.57 Å². The molecule has 0 unspecified atom stereocenters. The Morgan fingerprint density at radius 2 is 1.81 bits per heavy atom. The highest BCUT2D eigenvalue weighted by atomic mass is 79.9. The molecular formula is C20H20BrN3O3. The molecule has 7 heteroatoms. The van der Waals surface area contributed by atoms with E-state index in [-0.39, 0.29) is 12.1 Å². The van der Waals surface area contributed by atoms with Gasteiger partial charge in [0.1, 0.15) is 5.57 Å². The maximum Gasteiger partial charge on any atom is 0.331 e. The molecule has 140 valence electrons. The molecule has 0 atom stereocenters. The van der Waals surface area contributed by atoms with Gasteiger partial charge in [-0.25, -0.2) is 4.79 Å². The van der Waals surface area contributed by atoms with Crippen LogP contribution in [0, 0.1) is 20.8 Å². The molecule has 0 aliphatic carbocycles. The number of nitrogens with one attached hydrogen (secondary N) is 1. The summed E-state index contributed by atoms with van der Waals surface area (Å²) in [5.74, 6) is -1.24. The predicted octanol–water partition coefficient (Wildman–Crippen LogP) is 3.65. The molecule has 2 heterocycles. The van der Waals surface area contributed by atoms with Gasteiger partial charge in [0.2, 0.25) is 0 Å². The number of hydrogen-bond donors (Lipinski definition) is 1. The number of benzene rings is 1. The highest BCUT2D eigenvalue weighted by Gasteiger charge is 2.34. The van der Waals surface area contributed by atoms with Crippen molar-refractivity contribution in [3.63, 3.8) is 0 Å². The van der Waals surface area contributed by atoms with E-state index >= 15 is 0 Å². The van der Waals surface area contributed by atoms with Crippen molar-refractivity contribution in [3.05, 3.63) is 56.8 Å². The summed E-state index contributed by atoms with van der Waals surface area (Å²) < 4.78 is 3.10. The van der Waals surface area contributed by atoms with Crippen molar-refractivity contribution in [2.24, 2.45) is 0 Å². The molecule has 6 nitrogen and oxygen atoms in total. The van der Waals surface area contributed by atoms with E-state index < -0.39 is 17.8 Å². The van der Waals surface area contributed by atoms with E-state index in [1.165, 1.54) is 0 Å². The Kier molecular flexibility index (Phi) is 5.06. The van der Waals surface area contributed by atoms with Gasteiger partial charge in [0, 0.05) is 28.1 Å². The number of halogens is 1. The zero-order valence-corrected chi connectivity index (χ0v) is 17.2. The lowest BCUT2D eigenvalue weighted by atomic mass is 10.1. The van der Waals surface area contributed by atoms with Gasteiger partial charge >= 0.3 is 6.03 Å². The summed E-state index contributed by atoms with van der Waals surface area (Å²) in [5, 5.41) is 2.21. The molecule has 4 amide bonds. The van der Waals surface area contributed by atoms with Crippen molar-refractivity contribution in [1.82, 2.24) is 14.8 Å². The summed E-state index contributed by atoms with van der Waals surface area (Å²) in [6, 6.07) is 7.30. The molecule has 0 radical (unpaired) electrons. The van der Waals surface area contributed by atoms with Gasteiger partial charge in [0.05, 0.1) is 0 Å². The fraction of sp³-hybridized carbons (Fsp3) is 0.250. The summed E-state index contributed by atoms with van der Waals surface area (Å²) in [4.78, 5) is 37.4. The Bertz CT molecular complexity index is 1000. The number of rotatable bonds is 3. The first-order valence-electron chi connectivity index (χ1n) is 8.59. The number of carbonyl (C=O) groups is 3. The van der Waals surface area contributed by atoms with E-state index in [2.05, 4.69) is 31.9 Å². The number of amides is 4. The average molecular weight is 430 g/mol. The summed E-state index contributed by atoms with van der Waals surface area (Å²) in [6.45, 7) is 7.81. The second-order valence-electron chi connectivity index (χ2n) is 6.46. The Labute approximate surface area is 166 Å². The normalized spacial score (nSPS) is 16.3. The monoisotopic (exact) mass is 429 g/mol. The number of aromatic nitrogens is 1. The SMILES string of the molecule is CCN1C(=O)NC(=O)/C(=C\c2cc(C)n(-c3ccc(Br)c(C)c3)c2C)C1=O. The van der Waals surface area contributed by atoms with Crippen LogP contribution in [0.4, 0.5) is 4.79 Å². The standard InChI is InChI=1S/C20H20BrN3O3/c1-5-23-19(26)16(18(25)22-20(23)27)10-14-9-12(3)24(13(14)4)15-6-7-17(21)11(2)8-15/h6-10H,5H2,1-4H3,(H,22,25,27)/b16-10+. The lowest BCUT2D eigenvalue weighted by molar-refractivity contribution is -0.129. The minimum Gasteiger partial charge on any atom is -0.318 e. The zero-order chi connectivity index (χ0) is 19.9. The molecule has 1 aromatic heterocycles. The third kappa shape index (κ3) is 3.35. The van der Waals surface area contributed by atoms with Crippen LogP contribution in [0.3, 0.4) is 0 Å². The smallest absolute Gasteiger partial charge is 0.318 e. The second-order valence-corrected chi connectivity index (χ2v) is 7.32. The highest BCUT2D eigenvalue weighted by Crippen LogP contribution is 2.26. The van der Waals surface area contributed by atoms with Crippen molar-refractivity contribution >= 4 is 39.9 Å². The Hall–Kier alpha value is -2.67. The van der Waals surface area contributed by atoms with Crippen molar-refractivity contribution in [2.75, 3.05) is 6.54 Å². The first-order valence-corrected chi connectivity index (χ1v) is 9.38. The van der Waals surface area contributed by atoms with Crippen molar-refractivity contribution < 1.29 is 14.4 Å². The zero-order valence-electron chi connectivity index (χ0n) is 15.6. The number of aryl methyl sites for hydroxylation is 2. The van der Waals surface area contributed by atoms with Crippen LogP contribution in [0.15, 0.2) is 34.3 Å². The van der Waals surface area contributed by atoms with Gasteiger partial charge in [-0.15, -0.1) is 0 Å². The van der Waals surface area contributed by atoms with Crippen LogP contribution in [0.1, 0.15) is 29.4 Å². The number of nitrogens with zero attached hydrogens (tertiary/aromatic N) is 2. The van der Waals surface area contributed by atoms with Gasteiger partial charge in [-0.1, -0.05) is 15.9 Å². The second kappa shape index (κ2) is 7.15. The molecule has 27 heavy (non-hydrogen) atoms. The van der Waals surface area contributed by atoms with Crippen LogP contribution >= 0.6 is 15.9 Å². The fourth-order valence-electron chi connectivity index (χ4n) is 3.24. The highest BCUT2D eigenvalue weighted by molar-refractivity contribution is 9.10.